The van der Waals surface area contributed by atoms with Gasteiger partial charge in [-0.25, -0.2) is 0 Å². The molecule has 0 spiro atoms. The number of carbonyl (C=O) groups is 1. The molecule has 0 unspecified atom stereocenters. The Labute approximate surface area is 196 Å². The lowest BCUT2D eigenvalue weighted by molar-refractivity contribution is -0.142. The van der Waals surface area contributed by atoms with Crippen LogP contribution in [0.4, 0.5) is 0 Å². The predicted molar refractivity (Wildman–Crippen MR) is 129 cm³/mol. The maximum Gasteiger partial charge on any atom is 0.227 e. The number of ether oxygens (including phenoxy) is 2. The van der Waals surface area contributed by atoms with E-state index in [0.29, 0.717) is 13.2 Å². The highest BCUT2D eigenvalue weighted by Gasteiger charge is 2.35. The third kappa shape index (κ3) is 7.53. The summed E-state index contributed by atoms with van der Waals surface area (Å²) in [6, 6.07) is 29.1. The van der Waals surface area contributed by atoms with E-state index in [1.54, 1.807) is 19.0 Å². The number of hydrogen-bond donors (Lipinski definition) is 1. The Morgan fingerprint density at radius 2 is 1.21 bits per heavy atom. The van der Waals surface area contributed by atoms with E-state index in [1.165, 1.54) is 0 Å². The smallest absolute Gasteiger partial charge is 0.227 e. The molecule has 1 amide bonds. The van der Waals surface area contributed by atoms with Crippen LogP contribution >= 0.6 is 0 Å². The van der Waals surface area contributed by atoms with Gasteiger partial charge in [-0.3, -0.25) is 4.79 Å². The Balaban J connectivity index is 1.77. The van der Waals surface area contributed by atoms with Crippen LogP contribution in [0, 0.1) is 11.8 Å². The number of carbonyl (C=O) groups excluding carboxylic acids is 1. The maximum atomic E-state index is 13.2. The van der Waals surface area contributed by atoms with Gasteiger partial charge < -0.3 is 19.5 Å². The molecule has 0 aliphatic rings. The van der Waals surface area contributed by atoms with Crippen LogP contribution in [-0.2, 0) is 27.5 Å². The lowest BCUT2D eigenvalue weighted by Gasteiger charge is -2.32. The molecule has 3 aromatic carbocycles. The minimum Gasteiger partial charge on any atom is -0.388 e. The van der Waals surface area contributed by atoms with Crippen molar-refractivity contribution in [1.29, 1.82) is 0 Å². The molecule has 0 aliphatic carbocycles. The fourth-order valence-electron chi connectivity index (χ4n) is 3.80. The first-order valence-corrected chi connectivity index (χ1v) is 11.2. The van der Waals surface area contributed by atoms with Gasteiger partial charge in [0, 0.05) is 20.0 Å². The number of hydrogen-bond acceptors (Lipinski definition) is 4. The van der Waals surface area contributed by atoms with Gasteiger partial charge in [0.05, 0.1) is 38.4 Å². The molecule has 0 fully saturated rings. The molecular formula is C28H33NO4. The van der Waals surface area contributed by atoms with Crippen molar-refractivity contribution in [2.45, 2.75) is 19.3 Å². The van der Waals surface area contributed by atoms with Gasteiger partial charge in [-0.2, -0.15) is 0 Å². The molecule has 3 rings (SSSR count). The van der Waals surface area contributed by atoms with Crippen molar-refractivity contribution in [1.82, 2.24) is 4.90 Å². The Hall–Kier alpha value is -2.99. The monoisotopic (exact) mass is 447 g/mol. The van der Waals surface area contributed by atoms with E-state index in [2.05, 4.69) is 0 Å². The molecule has 5 nitrogen and oxygen atoms in total. The summed E-state index contributed by atoms with van der Waals surface area (Å²) in [4.78, 5) is 14.7. The number of aliphatic hydroxyl groups excluding tert-OH is 1. The average Bonchev–Trinajstić information content (AvgIpc) is 2.86. The molecule has 0 aromatic heterocycles. The van der Waals surface area contributed by atoms with Gasteiger partial charge in [-0.05, 0) is 16.7 Å². The highest BCUT2D eigenvalue weighted by atomic mass is 16.5. The van der Waals surface area contributed by atoms with Crippen LogP contribution in [0.25, 0.3) is 0 Å². The second-order valence-corrected chi connectivity index (χ2v) is 8.36. The van der Waals surface area contributed by atoms with Crippen LogP contribution in [0.2, 0.25) is 0 Å². The summed E-state index contributed by atoms with van der Waals surface area (Å²) in [5.74, 6) is -1.12. The molecule has 0 aliphatic heterocycles. The van der Waals surface area contributed by atoms with Gasteiger partial charge in [0.25, 0.3) is 0 Å². The normalized spacial score (nSPS) is 13.8. The van der Waals surface area contributed by atoms with Crippen LogP contribution in [0.1, 0.15) is 22.8 Å². The van der Waals surface area contributed by atoms with Crippen molar-refractivity contribution in [3.8, 4) is 0 Å². The molecule has 3 atom stereocenters. The van der Waals surface area contributed by atoms with Gasteiger partial charge in [0.15, 0.2) is 0 Å². The third-order valence-electron chi connectivity index (χ3n) is 5.65. The average molecular weight is 448 g/mol. The summed E-state index contributed by atoms with van der Waals surface area (Å²) < 4.78 is 12.0. The second-order valence-electron chi connectivity index (χ2n) is 8.36. The van der Waals surface area contributed by atoms with Crippen LogP contribution in [0.15, 0.2) is 91.0 Å². The molecule has 3 aromatic rings. The minimum atomic E-state index is -0.865. The van der Waals surface area contributed by atoms with Crippen LogP contribution in [-0.4, -0.2) is 43.2 Å². The second kappa shape index (κ2) is 12.9. The quantitative estimate of drug-likeness (QED) is 0.445. The number of amides is 1. The van der Waals surface area contributed by atoms with Crippen molar-refractivity contribution in [3.05, 3.63) is 108 Å². The van der Waals surface area contributed by atoms with Crippen molar-refractivity contribution < 1.29 is 19.4 Å². The van der Waals surface area contributed by atoms with Crippen molar-refractivity contribution in [3.63, 3.8) is 0 Å². The fraction of sp³-hybridized carbons (Fsp3) is 0.321. The van der Waals surface area contributed by atoms with Gasteiger partial charge in [-0.1, -0.05) is 91.0 Å². The molecule has 0 radical (unpaired) electrons. The lowest BCUT2D eigenvalue weighted by atomic mass is 9.84. The molecule has 0 bridgehead atoms. The SMILES string of the molecule is CN(C)C(=O)[C@H](COCc1ccccc1)[C@@H](COCc1ccccc1)[C@@H](O)c1ccccc1. The molecule has 0 heterocycles. The fourth-order valence-corrected chi connectivity index (χ4v) is 3.80. The number of nitrogens with zero attached hydrogens (tertiary/aromatic N) is 1. The molecule has 174 valence electrons. The summed E-state index contributed by atoms with van der Waals surface area (Å²) in [7, 11) is 3.45. The molecule has 0 saturated carbocycles. The standard InChI is InChI=1S/C28H33NO4/c1-29(2)28(31)26(21-33-19-23-14-8-4-9-15-23)25(27(30)24-16-10-5-11-17-24)20-32-18-22-12-6-3-7-13-22/h3-17,25-27,30H,18-21H2,1-2H3/t25-,26-,27+/m1/s1. The van der Waals surface area contributed by atoms with Gasteiger partial charge in [0.2, 0.25) is 5.91 Å². The summed E-state index contributed by atoms with van der Waals surface area (Å²) in [5.41, 5.74) is 2.83. The Bertz CT molecular complexity index is 947. The number of aliphatic hydroxyl groups is 1. The molecule has 0 saturated heterocycles. The predicted octanol–water partition coefficient (Wildman–Crippen LogP) is 4.47. The van der Waals surface area contributed by atoms with Crippen LogP contribution < -0.4 is 0 Å². The maximum absolute atomic E-state index is 13.2. The van der Waals surface area contributed by atoms with E-state index in [4.69, 9.17) is 9.47 Å². The Morgan fingerprint density at radius 3 is 1.70 bits per heavy atom. The first-order chi connectivity index (χ1) is 16.1. The molecule has 1 N–H and O–H groups in total. The largest absolute Gasteiger partial charge is 0.388 e. The Morgan fingerprint density at radius 1 is 0.758 bits per heavy atom. The zero-order valence-corrected chi connectivity index (χ0v) is 19.3. The van der Waals surface area contributed by atoms with Crippen molar-refractivity contribution >= 4 is 5.91 Å². The molecule has 5 heteroatoms. The zero-order chi connectivity index (χ0) is 23.5. The highest BCUT2D eigenvalue weighted by Crippen LogP contribution is 2.30. The minimum absolute atomic E-state index is 0.0913. The zero-order valence-electron chi connectivity index (χ0n) is 19.3. The van der Waals surface area contributed by atoms with E-state index in [0.717, 1.165) is 16.7 Å². The molecule has 33 heavy (non-hydrogen) atoms. The number of rotatable bonds is 12. The van der Waals surface area contributed by atoms with E-state index < -0.39 is 17.9 Å². The highest BCUT2D eigenvalue weighted by molar-refractivity contribution is 5.78. The van der Waals surface area contributed by atoms with E-state index in [-0.39, 0.29) is 19.1 Å². The van der Waals surface area contributed by atoms with Crippen LogP contribution in [0.5, 0.6) is 0 Å². The Kier molecular flexibility index (Phi) is 9.63. The number of benzene rings is 3. The van der Waals surface area contributed by atoms with Crippen molar-refractivity contribution in [2.24, 2.45) is 11.8 Å². The molecular weight excluding hydrogens is 414 g/mol. The van der Waals surface area contributed by atoms with Gasteiger partial charge in [-0.15, -0.1) is 0 Å². The summed E-state index contributed by atoms with van der Waals surface area (Å²) >= 11 is 0. The summed E-state index contributed by atoms with van der Waals surface area (Å²) in [5, 5.41) is 11.3. The van der Waals surface area contributed by atoms with E-state index in [1.807, 2.05) is 91.0 Å². The third-order valence-corrected chi connectivity index (χ3v) is 5.65. The van der Waals surface area contributed by atoms with Gasteiger partial charge >= 0.3 is 0 Å². The lowest BCUT2D eigenvalue weighted by Crippen LogP contribution is -2.41. The summed E-state index contributed by atoms with van der Waals surface area (Å²) in [6.45, 7) is 1.22. The first kappa shape index (κ1) is 24.6. The summed E-state index contributed by atoms with van der Waals surface area (Å²) in [6.07, 6.45) is -0.865. The van der Waals surface area contributed by atoms with E-state index >= 15 is 0 Å². The topological polar surface area (TPSA) is 59.0 Å². The van der Waals surface area contributed by atoms with Crippen LogP contribution in [0.3, 0.4) is 0 Å². The first-order valence-electron chi connectivity index (χ1n) is 11.2. The van der Waals surface area contributed by atoms with E-state index in [9.17, 15) is 9.90 Å². The van der Waals surface area contributed by atoms with Crippen molar-refractivity contribution in [2.75, 3.05) is 27.3 Å². The van der Waals surface area contributed by atoms with Gasteiger partial charge in [0.1, 0.15) is 0 Å².